The molecule has 1 aliphatic heterocycles. The molecule has 1 atom stereocenters. The van der Waals surface area contributed by atoms with Crippen LogP contribution in [-0.2, 0) is 0 Å². The Balaban J connectivity index is 2.42. The Bertz CT molecular complexity index is 493. The highest BCUT2D eigenvalue weighted by Gasteiger charge is 2.35. The summed E-state index contributed by atoms with van der Waals surface area (Å²) in [5, 5.41) is 14.0. The lowest BCUT2D eigenvalue weighted by atomic mass is 10.0. The molecule has 0 aromatic heterocycles. The second kappa shape index (κ2) is 6.19. The lowest BCUT2D eigenvalue weighted by Gasteiger charge is -2.34. The first-order valence-electron chi connectivity index (χ1n) is 6.17. The third kappa shape index (κ3) is 3.07. The minimum atomic E-state index is -2.83. The van der Waals surface area contributed by atoms with Gasteiger partial charge in [0.25, 0.3) is 12.1 Å². The van der Waals surface area contributed by atoms with E-state index >= 15 is 0 Å². The number of nitrogens with zero attached hydrogens (tertiary/aromatic N) is 2. The van der Waals surface area contributed by atoms with Crippen LogP contribution in [-0.4, -0.2) is 42.4 Å². The van der Waals surface area contributed by atoms with Crippen molar-refractivity contribution in [2.24, 2.45) is 0 Å². The molecule has 1 aliphatic rings. The Morgan fingerprint density at radius 3 is 2.50 bits per heavy atom. The van der Waals surface area contributed by atoms with Gasteiger partial charge in [0.15, 0.2) is 0 Å². The lowest BCUT2D eigenvalue weighted by molar-refractivity contribution is -0.386. The summed E-state index contributed by atoms with van der Waals surface area (Å²) in [7, 11) is 0. The molecule has 1 heterocycles. The van der Waals surface area contributed by atoms with Crippen LogP contribution in [0.4, 0.5) is 18.9 Å². The van der Waals surface area contributed by atoms with E-state index in [1.165, 1.54) is 4.90 Å². The number of hydrogen-bond donors (Lipinski definition) is 1. The fourth-order valence-electron chi connectivity index (χ4n) is 2.38. The van der Waals surface area contributed by atoms with Gasteiger partial charge in [-0.05, 0) is 12.1 Å². The Kier molecular flexibility index (Phi) is 4.56. The molecule has 1 saturated heterocycles. The molecular weight excluding hydrogens is 275 g/mol. The molecule has 2 rings (SSSR count). The van der Waals surface area contributed by atoms with E-state index in [1.807, 2.05) is 0 Å². The maximum Gasteiger partial charge on any atom is 0.274 e. The van der Waals surface area contributed by atoms with Crippen LogP contribution < -0.4 is 5.32 Å². The molecule has 0 saturated carbocycles. The molecule has 0 bridgehead atoms. The predicted octanol–water partition coefficient (Wildman–Crippen LogP) is 1.95. The normalized spacial score (nSPS) is 18.2. The minimum absolute atomic E-state index is 0.271. The van der Waals surface area contributed by atoms with Crippen LogP contribution in [0.2, 0.25) is 0 Å². The van der Waals surface area contributed by atoms with Gasteiger partial charge in [0, 0.05) is 32.2 Å². The molecule has 0 radical (unpaired) electrons. The van der Waals surface area contributed by atoms with E-state index in [2.05, 4.69) is 5.32 Å². The molecule has 20 heavy (non-hydrogen) atoms. The molecule has 8 heteroatoms. The van der Waals surface area contributed by atoms with Gasteiger partial charge < -0.3 is 5.32 Å². The third-order valence-electron chi connectivity index (χ3n) is 3.29. The zero-order valence-electron chi connectivity index (χ0n) is 10.6. The van der Waals surface area contributed by atoms with E-state index in [-0.39, 0.29) is 5.56 Å². The first-order valence-corrected chi connectivity index (χ1v) is 6.17. The number of rotatable bonds is 4. The quantitative estimate of drug-likeness (QED) is 0.680. The SMILES string of the molecule is O=[N+]([O-])c1ccc(F)cc1[C@@H](C(F)F)N1CCNCC1. The third-order valence-corrected chi connectivity index (χ3v) is 3.29. The maximum atomic E-state index is 13.3. The summed E-state index contributed by atoms with van der Waals surface area (Å²) < 4.78 is 40.0. The predicted molar refractivity (Wildman–Crippen MR) is 66.2 cm³/mol. The summed E-state index contributed by atoms with van der Waals surface area (Å²) in [6, 6.07) is 1.20. The van der Waals surface area contributed by atoms with E-state index in [1.54, 1.807) is 0 Å². The van der Waals surface area contributed by atoms with E-state index in [0.29, 0.717) is 26.2 Å². The largest absolute Gasteiger partial charge is 0.314 e. The molecule has 0 spiro atoms. The Morgan fingerprint density at radius 2 is 1.95 bits per heavy atom. The topological polar surface area (TPSA) is 58.4 Å². The zero-order chi connectivity index (χ0) is 14.7. The summed E-state index contributed by atoms with van der Waals surface area (Å²) in [5.41, 5.74) is -0.748. The van der Waals surface area contributed by atoms with E-state index < -0.39 is 28.9 Å². The van der Waals surface area contributed by atoms with Crippen LogP contribution in [0.15, 0.2) is 18.2 Å². The average molecular weight is 289 g/mol. The van der Waals surface area contributed by atoms with Gasteiger partial charge in [-0.2, -0.15) is 0 Å². The smallest absolute Gasteiger partial charge is 0.274 e. The van der Waals surface area contributed by atoms with Gasteiger partial charge in [-0.25, -0.2) is 13.2 Å². The number of nitro benzene ring substituents is 1. The number of nitro groups is 1. The van der Waals surface area contributed by atoms with E-state index in [9.17, 15) is 23.3 Å². The van der Waals surface area contributed by atoms with Crippen molar-refractivity contribution in [3.05, 3.63) is 39.7 Å². The van der Waals surface area contributed by atoms with Gasteiger partial charge in [-0.1, -0.05) is 0 Å². The second-order valence-electron chi connectivity index (χ2n) is 4.53. The van der Waals surface area contributed by atoms with Crippen LogP contribution in [0, 0.1) is 15.9 Å². The molecule has 110 valence electrons. The van der Waals surface area contributed by atoms with Crippen molar-refractivity contribution in [3.8, 4) is 0 Å². The maximum absolute atomic E-state index is 13.3. The van der Waals surface area contributed by atoms with Crippen LogP contribution >= 0.6 is 0 Å². The fourth-order valence-corrected chi connectivity index (χ4v) is 2.38. The zero-order valence-corrected chi connectivity index (χ0v) is 10.6. The van der Waals surface area contributed by atoms with Crippen molar-refractivity contribution in [1.29, 1.82) is 0 Å². The molecule has 1 N–H and O–H groups in total. The Morgan fingerprint density at radius 1 is 1.30 bits per heavy atom. The average Bonchev–Trinajstić information content (AvgIpc) is 2.39. The molecular formula is C12H14F3N3O2. The molecule has 1 fully saturated rings. The van der Waals surface area contributed by atoms with Crippen molar-refractivity contribution in [2.75, 3.05) is 26.2 Å². The van der Waals surface area contributed by atoms with Gasteiger partial charge >= 0.3 is 0 Å². The Labute approximate surface area is 113 Å². The lowest BCUT2D eigenvalue weighted by Crippen LogP contribution is -2.47. The number of halogens is 3. The van der Waals surface area contributed by atoms with Crippen LogP contribution in [0.5, 0.6) is 0 Å². The van der Waals surface area contributed by atoms with Gasteiger partial charge in [0.05, 0.1) is 10.5 Å². The van der Waals surface area contributed by atoms with Crippen molar-refractivity contribution >= 4 is 5.69 Å². The van der Waals surface area contributed by atoms with E-state index in [4.69, 9.17) is 0 Å². The fraction of sp³-hybridized carbons (Fsp3) is 0.500. The number of nitrogens with one attached hydrogen (secondary N) is 1. The highest BCUT2D eigenvalue weighted by molar-refractivity contribution is 5.43. The van der Waals surface area contributed by atoms with Gasteiger partial charge in [0.1, 0.15) is 11.9 Å². The van der Waals surface area contributed by atoms with Crippen molar-refractivity contribution in [3.63, 3.8) is 0 Å². The van der Waals surface area contributed by atoms with Crippen LogP contribution in [0.3, 0.4) is 0 Å². The first-order chi connectivity index (χ1) is 9.50. The monoisotopic (exact) mass is 289 g/mol. The van der Waals surface area contributed by atoms with Crippen LogP contribution in [0.25, 0.3) is 0 Å². The van der Waals surface area contributed by atoms with Crippen molar-refractivity contribution in [1.82, 2.24) is 10.2 Å². The molecule has 5 nitrogen and oxygen atoms in total. The molecule has 1 aromatic carbocycles. The molecule has 0 amide bonds. The number of hydrogen-bond acceptors (Lipinski definition) is 4. The van der Waals surface area contributed by atoms with Gasteiger partial charge in [0.2, 0.25) is 0 Å². The minimum Gasteiger partial charge on any atom is -0.314 e. The summed E-state index contributed by atoms with van der Waals surface area (Å²) in [6.45, 7) is 1.71. The van der Waals surface area contributed by atoms with Crippen LogP contribution in [0.1, 0.15) is 11.6 Å². The summed E-state index contributed by atoms with van der Waals surface area (Å²) >= 11 is 0. The highest BCUT2D eigenvalue weighted by atomic mass is 19.3. The molecule has 1 aromatic rings. The standard InChI is InChI=1S/C12H14F3N3O2/c13-8-1-2-10(18(19)20)9(7-8)11(12(14)15)17-5-3-16-4-6-17/h1-2,7,11-12,16H,3-6H2/t11-/m0/s1. The molecule has 0 aliphatic carbocycles. The summed E-state index contributed by atoms with van der Waals surface area (Å²) in [6.07, 6.45) is -2.83. The summed E-state index contributed by atoms with van der Waals surface area (Å²) in [4.78, 5) is 11.6. The van der Waals surface area contributed by atoms with Crippen molar-refractivity contribution in [2.45, 2.75) is 12.5 Å². The van der Waals surface area contributed by atoms with Gasteiger partial charge in [-0.3, -0.25) is 15.0 Å². The van der Waals surface area contributed by atoms with Gasteiger partial charge in [-0.15, -0.1) is 0 Å². The number of alkyl halides is 2. The van der Waals surface area contributed by atoms with Crippen molar-refractivity contribution < 1.29 is 18.1 Å². The number of benzene rings is 1. The molecule has 0 unspecified atom stereocenters. The Hall–Kier alpha value is -1.67. The number of piperazine rings is 1. The summed E-state index contributed by atoms with van der Waals surface area (Å²) in [5.74, 6) is -0.758. The van der Waals surface area contributed by atoms with E-state index in [0.717, 1.165) is 18.2 Å². The first kappa shape index (κ1) is 14.7. The highest BCUT2D eigenvalue weighted by Crippen LogP contribution is 2.34. The second-order valence-corrected chi connectivity index (χ2v) is 4.53.